The quantitative estimate of drug-likeness (QED) is 0.825. The van der Waals surface area contributed by atoms with Crippen LogP contribution in [0, 0.1) is 0 Å². The van der Waals surface area contributed by atoms with Crippen LogP contribution in [-0.4, -0.2) is 62.5 Å². The van der Waals surface area contributed by atoms with Gasteiger partial charge in [0.15, 0.2) is 0 Å². The highest BCUT2D eigenvalue weighted by Gasteiger charge is 2.23. The molecule has 0 saturated carbocycles. The van der Waals surface area contributed by atoms with Crippen LogP contribution in [0.2, 0.25) is 0 Å². The van der Waals surface area contributed by atoms with Gasteiger partial charge in [-0.1, -0.05) is 19.1 Å². The second-order valence-electron chi connectivity index (χ2n) is 5.14. The van der Waals surface area contributed by atoms with E-state index >= 15 is 0 Å². The molecule has 0 N–H and O–H groups in total. The van der Waals surface area contributed by atoms with E-state index in [-0.39, 0.29) is 5.91 Å². The minimum atomic E-state index is 0.153. The number of amides is 1. The van der Waals surface area contributed by atoms with Crippen molar-refractivity contribution in [2.45, 2.75) is 6.92 Å². The van der Waals surface area contributed by atoms with E-state index in [1.54, 1.807) is 0 Å². The summed E-state index contributed by atoms with van der Waals surface area (Å²) in [4.78, 5) is 18.9. The Hall–Kier alpha value is -1.55. The van der Waals surface area contributed by atoms with Gasteiger partial charge in [-0.15, -0.1) is 0 Å². The SMILES string of the molecule is CCN1CCN(C(=O)c2ccccc2N(C)C)CC1. The number of likely N-dealkylation sites (N-methyl/N-ethyl adjacent to an activating group) is 1. The van der Waals surface area contributed by atoms with Crippen LogP contribution >= 0.6 is 0 Å². The van der Waals surface area contributed by atoms with E-state index in [9.17, 15) is 4.79 Å². The smallest absolute Gasteiger partial charge is 0.256 e. The first-order valence-corrected chi connectivity index (χ1v) is 6.91. The molecule has 1 heterocycles. The summed E-state index contributed by atoms with van der Waals surface area (Å²) in [5.74, 6) is 0.153. The number of hydrogen-bond donors (Lipinski definition) is 0. The van der Waals surface area contributed by atoms with Gasteiger partial charge in [-0.25, -0.2) is 0 Å². The van der Waals surface area contributed by atoms with Crippen molar-refractivity contribution in [2.75, 3.05) is 51.7 Å². The molecule has 0 bridgehead atoms. The summed E-state index contributed by atoms with van der Waals surface area (Å²) in [7, 11) is 3.95. The lowest BCUT2D eigenvalue weighted by atomic mass is 10.1. The van der Waals surface area contributed by atoms with Gasteiger partial charge in [0.1, 0.15) is 0 Å². The van der Waals surface area contributed by atoms with E-state index in [1.807, 2.05) is 48.2 Å². The van der Waals surface area contributed by atoms with Crippen molar-refractivity contribution < 1.29 is 4.79 Å². The van der Waals surface area contributed by atoms with Crippen molar-refractivity contribution in [1.29, 1.82) is 0 Å². The number of hydrogen-bond acceptors (Lipinski definition) is 3. The zero-order valence-electron chi connectivity index (χ0n) is 12.1. The van der Waals surface area contributed by atoms with Crippen LogP contribution in [0.4, 0.5) is 5.69 Å². The third kappa shape index (κ3) is 3.07. The van der Waals surface area contributed by atoms with Gasteiger partial charge < -0.3 is 14.7 Å². The Morgan fingerprint density at radius 3 is 2.37 bits per heavy atom. The second-order valence-corrected chi connectivity index (χ2v) is 5.14. The Labute approximate surface area is 115 Å². The fraction of sp³-hybridized carbons (Fsp3) is 0.533. The van der Waals surface area contributed by atoms with Crippen LogP contribution in [0.15, 0.2) is 24.3 Å². The third-order valence-electron chi connectivity index (χ3n) is 3.72. The van der Waals surface area contributed by atoms with Gasteiger partial charge in [-0.2, -0.15) is 0 Å². The third-order valence-corrected chi connectivity index (χ3v) is 3.72. The maximum Gasteiger partial charge on any atom is 0.256 e. The molecule has 104 valence electrons. The monoisotopic (exact) mass is 261 g/mol. The molecule has 1 aliphatic rings. The minimum absolute atomic E-state index is 0.153. The van der Waals surface area contributed by atoms with Crippen molar-refractivity contribution in [2.24, 2.45) is 0 Å². The Kier molecular flexibility index (Phi) is 4.43. The number of piperazine rings is 1. The molecule has 4 nitrogen and oxygen atoms in total. The summed E-state index contributed by atoms with van der Waals surface area (Å²) in [6, 6.07) is 7.82. The Bertz CT molecular complexity index is 437. The number of rotatable bonds is 3. The predicted octanol–water partition coefficient (Wildman–Crippen LogP) is 1.53. The molecule has 1 aliphatic heterocycles. The van der Waals surface area contributed by atoms with Crippen LogP contribution in [0.1, 0.15) is 17.3 Å². The van der Waals surface area contributed by atoms with Gasteiger partial charge in [0.05, 0.1) is 5.56 Å². The molecule has 1 amide bonds. The average Bonchev–Trinajstić information content (AvgIpc) is 2.46. The molecule has 1 aromatic rings. The fourth-order valence-corrected chi connectivity index (χ4v) is 2.48. The van der Waals surface area contributed by atoms with E-state index < -0.39 is 0 Å². The van der Waals surface area contributed by atoms with Gasteiger partial charge in [0, 0.05) is 46.0 Å². The average molecular weight is 261 g/mol. The lowest BCUT2D eigenvalue weighted by Crippen LogP contribution is -2.48. The summed E-state index contributed by atoms with van der Waals surface area (Å²) in [5, 5.41) is 0. The van der Waals surface area contributed by atoms with E-state index in [0.717, 1.165) is 44.0 Å². The van der Waals surface area contributed by atoms with Crippen molar-refractivity contribution in [1.82, 2.24) is 9.80 Å². The highest BCUT2D eigenvalue weighted by atomic mass is 16.2. The molecule has 1 saturated heterocycles. The van der Waals surface area contributed by atoms with Gasteiger partial charge in [0.2, 0.25) is 0 Å². The van der Waals surface area contributed by atoms with Crippen molar-refractivity contribution in [3.8, 4) is 0 Å². The van der Waals surface area contributed by atoms with Gasteiger partial charge in [-0.3, -0.25) is 4.79 Å². The molecule has 0 unspecified atom stereocenters. The number of benzene rings is 1. The van der Waals surface area contributed by atoms with Gasteiger partial charge in [-0.05, 0) is 18.7 Å². The molecule has 0 aromatic heterocycles. The molecule has 4 heteroatoms. The fourth-order valence-electron chi connectivity index (χ4n) is 2.48. The second kappa shape index (κ2) is 6.06. The molecule has 0 aliphatic carbocycles. The highest BCUT2D eigenvalue weighted by molar-refractivity contribution is 5.99. The van der Waals surface area contributed by atoms with Crippen LogP contribution in [0.25, 0.3) is 0 Å². The van der Waals surface area contributed by atoms with Gasteiger partial charge >= 0.3 is 0 Å². The number of nitrogens with zero attached hydrogens (tertiary/aromatic N) is 3. The van der Waals surface area contributed by atoms with Crippen LogP contribution in [0.5, 0.6) is 0 Å². The first-order chi connectivity index (χ1) is 9.13. The molecule has 19 heavy (non-hydrogen) atoms. The molecular weight excluding hydrogens is 238 g/mol. The number of carbonyl (C=O) groups excluding carboxylic acids is 1. The van der Waals surface area contributed by atoms with Crippen LogP contribution in [-0.2, 0) is 0 Å². The first kappa shape index (κ1) is 13.9. The lowest BCUT2D eigenvalue weighted by molar-refractivity contribution is 0.0644. The Morgan fingerprint density at radius 2 is 1.79 bits per heavy atom. The normalized spacial score (nSPS) is 16.5. The van der Waals surface area contributed by atoms with E-state index in [2.05, 4.69) is 11.8 Å². The number of carbonyl (C=O) groups is 1. The molecule has 0 radical (unpaired) electrons. The maximum absolute atomic E-state index is 12.6. The van der Waals surface area contributed by atoms with Crippen molar-refractivity contribution >= 4 is 11.6 Å². The largest absolute Gasteiger partial charge is 0.377 e. The minimum Gasteiger partial charge on any atom is -0.377 e. The summed E-state index contributed by atoms with van der Waals surface area (Å²) in [6.45, 7) is 6.84. The lowest BCUT2D eigenvalue weighted by Gasteiger charge is -2.34. The Morgan fingerprint density at radius 1 is 1.16 bits per heavy atom. The molecule has 1 aromatic carbocycles. The first-order valence-electron chi connectivity index (χ1n) is 6.91. The van der Waals surface area contributed by atoms with Gasteiger partial charge in [0.25, 0.3) is 5.91 Å². The van der Waals surface area contributed by atoms with E-state index in [1.165, 1.54) is 0 Å². The zero-order chi connectivity index (χ0) is 13.8. The molecule has 1 fully saturated rings. The summed E-state index contributed by atoms with van der Waals surface area (Å²) >= 11 is 0. The number of para-hydroxylation sites is 1. The van der Waals surface area contributed by atoms with Crippen molar-refractivity contribution in [3.63, 3.8) is 0 Å². The predicted molar refractivity (Wildman–Crippen MR) is 78.8 cm³/mol. The topological polar surface area (TPSA) is 26.8 Å². The molecule has 2 rings (SSSR count). The molecular formula is C15H23N3O. The maximum atomic E-state index is 12.6. The summed E-state index contributed by atoms with van der Waals surface area (Å²) in [6.07, 6.45) is 0. The van der Waals surface area contributed by atoms with E-state index in [0.29, 0.717) is 0 Å². The Balaban J connectivity index is 2.12. The standard InChI is InChI=1S/C15H23N3O/c1-4-17-9-11-18(12-10-17)15(19)13-7-5-6-8-14(13)16(2)3/h5-8H,4,9-12H2,1-3H3. The number of anilines is 1. The van der Waals surface area contributed by atoms with Crippen LogP contribution < -0.4 is 4.90 Å². The summed E-state index contributed by atoms with van der Waals surface area (Å²) in [5.41, 5.74) is 1.79. The van der Waals surface area contributed by atoms with Crippen LogP contribution in [0.3, 0.4) is 0 Å². The zero-order valence-corrected chi connectivity index (χ0v) is 12.1. The molecule has 0 atom stereocenters. The van der Waals surface area contributed by atoms with Crippen molar-refractivity contribution in [3.05, 3.63) is 29.8 Å². The van der Waals surface area contributed by atoms with E-state index in [4.69, 9.17) is 0 Å². The summed E-state index contributed by atoms with van der Waals surface area (Å²) < 4.78 is 0. The molecule has 0 spiro atoms. The highest BCUT2D eigenvalue weighted by Crippen LogP contribution is 2.20.